The van der Waals surface area contributed by atoms with Crippen LogP contribution in [0.5, 0.6) is 0 Å². The van der Waals surface area contributed by atoms with E-state index >= 15 is 0 Å². The molecule has 0 aliphatic rings. The summed E-state index contributed by atoms with van der Waals surface area (Å²) >= 11 is 3.49. The van der Waals surface area contributed by atoms with Crippen LogP contribution in [-0.2, 0) is 11.2 Å². The van der Waals surface area contributed by atoms with Gasteiger partial charge in [-0.1, -0.05) is 48.0 Å². The maximum Gasteiger partial charge on any atom is 0.239 e. The summed E-state index contributed by atoms with van der Waals surface area (Å²) in [6.45, 7) is 4.41. The third kappa shape index (κ3) is 4.36. The van der Waals surface area contributed by atoms with Crippen molar-refractivity contribution in [3.05, 3.63) is 34.3 Å². The van der Waals surface area contributed by atoms with Crippen molar-refractivity contribution < 1.29 is 4.79 Å². The van der Waals surface area contributed by atoms with E-state index in [9.17, 15) is 4.79 Å². The molecule has 1 amide bonds. The molecule has 0 aromatic heterocycles. The van der Waals surface area contributed by atoms with Crippen molar-refractivity contribution in [3.63, 3.8) is 0 Å². The molecule has 0 heterocycles. The highest BCUT2D eigenvalue weighted by atomic mass is 79.9. The number of carbonyl (C=O) groups excluding carboxylic acids is 1. The third-order valence-corrected chi connectivity index (χ3v) is 3.90. The predicted molar refractivity (Wildman–Crippen MR) is 79.4 cm³/mol. The van der Waals surface area contributed by atoms with Crippen LogP contribution in [0.3, 0.4) is 0 Å². The molecular formula is C15H19BrN2O. The quantitative estimate of drug-likeness (QED) is 0.835. The zero-order valence-corrected chi connectivity index (χ0v) is 13.1. The summed E-state index contributed by atoms with van der Waals surface area (Å²) in [4.78, 5) is 13.8. The highest BCUT2D eigenvalue weighted by Crippen LogP contribution is 2.17. The Hall–Kier alpha value is -1.34. The Bertz CT molecular complexity index is 479. The second-order valence-electron chi connectivity index (χ2n) is 4.95. The first kappa shape index (κ1) is 15.7. The first-order valence-electron chi connectivity index (χ1n) is 6.35. The highest BCUT2D eigenvalue weighted by Gasteiger charge is 2.24. The van der Waals surface area contributed by atoms with Gasteiger partial charge in [0.05, 0.1) is 6.07 Å². The van der Waals surface area contributed by atoms with Crippen molar-refractivity contribution in [3.8, 4) is 6.07 Å². The molecule has 0 aliphatic heterocycles. The number of halogens is 1. The second kappa shape index (κ2) is 7.30. The van der Waals surface area contributed by atoms with Crippen LogP contribution < -0.4 is 0 Å². The molecule has 0 saturated heterocycles. The lowest BCUT2D eigenvalue weighted by atomic mass is 9.96. The number of benzene rings is 1. The molecule has 1 aromatic carbocycles. The average molecular weight is 323 g/mol. The smallest absolute Gasteiger partial charge is 0.239 e. The van der Waals surface area contributed by atoms with E-state index < -0.39 is 5.92 Å². The van der Waals surface area contributed by atoms with Crippen LogP contribution >= 0.6 is 15.9 Å². The fourth-order valence-electron chi connectivity index (χ4n) is 1.83. The van der Waals surface area contributed by atoms with Crippen molar-refractivity contribution in [1.29, 1.82) is 5.26 Å². The highest BCUT2D eigenvalue weighted by molar-refractivity contribution is 9.10. The number of hydrogen-bond donors (Lipinski definition) is 0. The van der Waals surface area contributed by atoms with Gasteiger partial charge in [-0.2, -0.15) is 5.26 Å². The molecule has 19 heavy (non-hydrogen) atoms. The van der Waals surface area contributed by atoms with Crippen molar-refractivity contribution in [2.75, 3.05) is 13.6 Å². The van der Waals surface area contributed by atoms with E-state index in [2.05, 4.69) is 22.0 Å². The first-order valence-corrected chi connectivity index (χ1v) is 7.14. The van der Waals surface area contributed by atoms with Gasteiger partial charge in [0.1, 0.15) is 5.92 Å². The molecule has 102 valence electrons. The van der Waals surface area contributed by atoms with Gasteiger partial charge in [-0.3, -0.25) is 4.79 Å². The summed E-state index contributed by atoms with van der Waals surface area (Å²) in [5, 5.41) is 9.04. The van der Waals surface area contributed by atoms with Crippen molar-refractivity contribution in [2.24, 2.45) is 11.8 Å². The standard InChI is InChI=1S/C15H19BrN2O/c1-11(2)13(10-17)15(19)18(3)9-8-12-6-4-5-7-14(12)16/h4-7,11,13H,8-9H2,1-3H3. The number of likely N-dealkylation sites (N-methyl/N-ethyl adjacent to an activating group) is 1. The zero-order chi connectivity index (χ0) is 14.4. The van der Waals surface area contributed by atoms with E-state index in [0.29, 0.717) is 6.54 Å². The molecule has 1 rings (SSSR count). The lowest BCUT2D eigenvalue weighted by molar-refractivity contribution is -0.133. The predicted octanol–water partition coefficient (Wildman–Crippen LogP) is 3.25. The Morgan fingerprint density at radius 3 is 2.58 bits per heavy atom. The molecule has 4 heteroatoms. The molecule has 0 saturated carbocycles. The van der Waals surface area contributed by atoms with Crippen LogP contribution in [0.1, 0.15) is 19.4 Å². The molecule has 1 aromatic rings. The molecular weight excluding hydrogens is 304 g/mol. The number of hydrogen-bond acceptors (Lipinski definition) is 2. The van der Waals surface area contributed by atoms with E-state index in [-0.39, 0.29) is 11.8 Å². The largest absolute Gasteiger partial charge is 0.344 e. The number of rotatable bonds is 5. The molecule has 0 spiro atoms. The summed E-state index contributed by atoms with van der Waals surface area (Å²) < 4.78 is 1.05. The zero-order valence-electron chi connectivity index (χ0n) is 11.6. The Balaban J connectivity index is 2.61. The van der Waals surface area contributed by atoms with E-state index in [4.69, 9.17) is 5.26 Å². The van der Waals surface area contributed by atoms with E-state index in [1.807, 2.05) is 38.1 Å². The van der Waals surface area contributed by atoms with Gasteiger partial charge in [0.25, 0.3) is 0 Å². The Labute approximate surface area is 123 Å². The van der Waals surface area contributed by atoms with Crippen LogP contribution in [0.25, 0.3) is 0 Å². The molecule has 0 N–H and O–H groups in total. The normalized spacial score (nSPS) is 12.0. The lowest BCUT2D eigenvalue weighted by Crippen LogP contribution is -2.36. The van der Waals surface area contributed by atoms with Gasteiger partial charge in [0.2, 0.25) is 5.91 Å². The average Bonchev–Trinajstić information content (AvgIpc) is 2.37. The summed E-state index contributed by atoms with van der Waals surface area (Å²) in [6, 6.07) is 10.1. The Morgan fingerprint density at radius 2 is 2.05 bits per heavy atom. The summed E-state index contributed by atoms with van der Waals surface area (Å²) in [5.41, 5.74) is 1.17. The molecule has 0 radical (unpaired) electrons. The summed E-state index contributed by atoms with van der Waals surface area (Å²) in [5.74, 6) is -0.600. The molecule has 0 bridgehead atoms. The van der Waals surface area contributed by atoms with Crippen LogP contribution in [0.2, 0.25) is 0 Å². The number of nitrogens with zero attached hydrogens (tertiary/aromatic N) is 2. The fraction of sp³-hybridized carbons (Fsp3) is 0.467. The van der Waals surface area contributed by atoms with Crippen LogP contribution in [0, 0.1) is 23.2 Å². The second-order valence-corrected chi connectivity index (χ2v) is 5.81. The minimum absolute atomic E-state index is 0.0448. The van der Waals surface area contributed by atoms with Gasteiger partial charge < -0.3 is 4.90 Å². The number of nitriles is 1. The molecule has 1 unspecified atom stereocenters. The molecule has 1 atom stereocenters. The van der Waals surface area contributed by atoms with Crippen LogP contribution in [0.15, 0.2) is 28.7 Å². The van der Waals surface area contributed by atoms with Crippen molar-refractivity contribution >= 4 is 21.8 Å². The maximum atomic E-state index is 12.1. The number of amides is 1. The Morgan fingerprint density at radius 1 is 1.42 bits per heavy atom. The van der Waals surface area contributed by atoms with Gasteiger partial charge in [-0.25, -0.2) is 0 Å². The van der Waals surface area contributed by atoms with Crippen LogP contribution in [0.4, 0.5) is 0 Å². The minimum atomic E-state index is -0.552. The van der Waals surface area contributed by atoms with Crippen LogP contribution in [-0.4, -0.2) is 24.4 Å². The lowest BCUT2D eigenvalue weighted by Gasteiger charge is -2.22. The van der Waals surface area contributed by atoms with Gasteiger partial charge in [0.15, 0.2) is 0 Å². The van der Waals surface area contributed by atoms with E-state index in [0.717, 1.165) is 10.9 Å². The van der Waals surface area contributed by atoms with E-state index in [1.54, 1.807) is 11.9 Å². The minimum Gasteiger partial charge on any atom is -0.344 e. The van der Waals surface area contributed by atoms with Gasteiger partial charge >= 0.3 is 0 Å². The summed E-state index contributed by atoms with van der Waals surface area (Å²) in [7, 11) is 1.76. The Kier molecular flexibility index (Phi) is 6.04. The number of carbonyl (C=O) groups is 1. The van der Waals surface area contributed by atoms with E-state index in [1.165, 1.54) is 5.56 Å². The molecule has 0 aliphatic carbocycles. The van der Waals surface area contributed by atoms with Crippen molar-refractivity contribution in [2.45, 2.75) is 20.3 Å². The molecule has 3 nitrogen and oxygen atoms in total. The fourth-order valence-corrected chi connectivity index (χ4v) is 2.31. The van der Waals surface area contributed by atoms with Crippen molar-refractivity contribution in [1.82, 2.24) is 4.90 Å². The van der Waals surface area contributed by atoms with Gasteiger partial charge in [-0.15, -0.1) is 0 Å². The monoisotopic (exact) mass is 322 g/mol. The first-order chi connectivity index (χ1) is 8.97. The van der Waals surface area contributed by atoms with Gasteiger partial charge in [-0.05, 0) is 24.0 Å². The van der Waals surface area contributed by atoms with Gasteiger partial charge in [0, 0.05) is 18.1 Å². The maximum absolute atomic E-state index is 12.1. The SMILES string of the molecule is CC(C)C(C#N)C(=O)N(C)CCc1ccccc1Br. The third-order valence-electron chi connectivity index (χ3n) is 3.12. The summed E-state index contributed by atoms with van der Waals surface area (Å²) in [6.07, 6.45) is 0.778. The molecule has 0 fully saturated rings. The topological polar surface area (TPSA) is 44.1 Å².